The Morgan fingerprint density at radius 2 is 1.80 bits per heavy atom. The summed E-state index contributed by atoms with van der Waals surface area (Å²) in [5.41, 5.74) is 0.265. The van der Waals surface area contributed by atoms with Gasteiger partial charge in [0.1, 0.15) is 23.9 Å². The molecule has 1 heterocycles. The molecule has 102 valence electrons. The Bertz CT molecular complexity index is 716. The number of halogens is 1. The normalized spacial score (nSPS) is 10.7. The first-order chi connectivity index (χ1) is 9.76. The number of hydrogen-bond donors (Lipinski definition) is 0. The van der Waals surface area contributed by atoms with Crippen LogP contribution >= 0.6 is 0 Å². The summed E-state index contributed by atoms with van der Waals surface area (Å²) in [6, 6.07) is 13.9. The van der Waals surface area contributed by atoms with Crippen LogP contribution in [0.2, 0.25) is 0 Å². The SMILES string of the molecule is COc1ccc(OCc2cc3cccc(F)c3o2)cc1. The average Bonchev–Trinajstić information content (AvgIpc) is 2.90. The number of hydrogen-bond acceptors (Lipinski definition) is 3. The van der Waals surface area contributed by atoms with E-state index in [0.29, 0.717) is 11.5 Å². The second kappa shape index (κ2) is 5.25. The maximum absolute atomic E-state index is 13.5. The topological polar surface area (TPSA) is 31.6 Å². The van der Waals surface area contributed by atoms with E-state index < -0.39 is 0 Å². The summed E-state index contributed by atoms with van der Waals surface area (Å²) in [7, 11) is 1.61. The van der Waals surface area contributed by atoms with E-state index in [-0.39, 0.29) is 18.0 Å². The molecule has 3 nitrogen and oxygen atoms in total. The summed E-state index contributed by atoms with van der Waals surface area (Å²) in [6.07, 6.45) is 0. The summed E-state index contributed by atoms with van der Waals surface area (Å²) in [5, 5.41) is 0.735. The number of ether oxygens (including phenoxy) is 2. The smallest absolute Gasteiger partial charge is 0.170 e. The summed E-state index contributed by atoms with van der Waals surface area (Å²) < 4.78 is 29.6. The van der Waals surface area contributed by atoms with Crippen LogP contribution < -0.4 is 9.47 Å². The quantitative estimate of drug-likeness (QED) is 0.714. The molecule has 20 heavy (non-hydrogen) atoms. The fourth-order valence-corrected chi connectivity index (χ4v) is 1.98. The van der Waals surface area contributed by atoms with Gasteiger partial charge in [-0.05, 0) is 36.4 Å². The molecular formula is C16H13FO3. The van der Waals surface area contributed by atoms with Gasteiger partial charge in [0.05, 0.1) is 7.11 Å². The number of rotatable bonds is 4. The summed E-state index contributed by atoms with van der Waals surface area (Å²) >= 11 is 0. The first-order valence-electron chi connectivity index (χ1n) is 6.20. The highest BCUT2D eigenvalue weighted by Gasteiger charge is 2.08. The summed E-state index contributed by atoms with van der Waals surface area (Å²) in [4.78, 5) is 0. The van der Waals surface area contributed by atoms with Crippen molar-refractivity contribution in [1.82, 2.24) is 0 Å². The van der Waals surface area contributed by atoms with Gasteiger partial charge in [0.25, 0.3) is 0 Å². The molecule has 0 radical (unpaired) electrons. The van der Waals surface area contributed by atoms with Crippen molar-refractivity contribution in [2.45, 2.75) is 6.61 Å². The van der Waals surface area contributed by atoms with Crippen molar-refractivity contribution in [3.05, 3.63) is 60.1 Å². The van der Waals surface area contributed by atoms with Crippen LogP contribution in [0.4, 0.5) is 4.39 Å². The van der Waals surface area contributed by atoms with Crippen molar-refractivity contribution in [3.63, 3.8) is 0 Å². The van der Waals surface area contributed by atoms with E-state index in [9.17, 15) is 4.39 Å². The van der Waals surface area contributed by atoms with E-state index in [0.717, 1.165) is 11.1 Å². The zero-order chi connectivity index (χ0) is 13.9. The predicted molar refractivity (Wildman–Crippen MR) is 73.5 cm³/mol. The van der Waals surface area contributed by atoms with Crippen molar-refractivity contribution in [3.8, 4) is 11.5 Å². The molecule has 0 aliphatic carbocycles. The largest absolute Gasteiger partial charge is 0.497 e. The zero-order valence-electron chi connectivity index (χ0n) is 10.9. The van der Waals surface area contributed by atoms with Gasteiger partial charge in [-0.1, -0.05) is 12.1 Å². The van der Waals surface area contributed by atoms with Gasteiger partial charge in [-0.25, -0.2) is 4.39 Å². The molecule has 0 bridgehead atoms. The van der Waals surface area contributed by atoms with Crippen LogP contribution in [-0.2, 0) is 6.61 Å². The van der Waals surface area contributed by atoms with E-state index in [1.54, 1.807) is 25.3 Å². The van der Waals surface area contributed by atoms with Crippen LogP contribution in [-0.4, -0.2) is 7.11 Å². The van der Waals surface area contributed by atoms with Gasteiger partial charge in [-0.15, -0.1) is 0 Å². The fourth-order valence-electron chi connectivity index (χ4n) is 1.98. The van der Waals surface area contributed by atoms with E-state index in [4.69, 9.17) is 13.9 Å². The average molecular weight is 272 g/mol. The van der Waals surface area contributed by atoms with Crippen LogP contribution in [0.15, 0.2) is 52.9 Å². The maximum atomic E-state index is 13.5. The minimum absolute atomic E-state index is 0.250. The van der Waals surface area contributed by atoms with E-state index >= 15 is 0 Å². The predicted octanol–water partition coefficient (Wildman–Crippen LogP) is 4.16. The standard InChI is InChI=1S/C16H13FO3/c1-18-12-5-7-13(8-6-12)19-10-14-9-11-3-2-4-15(17)16(11)20-14/h2-9H,10H2,1H3. The van der Waals surface area contributed by atoms with Gasteiger partial charge in [-0.2, -0.15) is 0 Å². The van der Waals surface area contributed by atoms with Crippen LogP contribution in [0.25, 0.3) is 11.0 Å². The summed E-state index contributed by atoms with van der Waals surface area (Å²) in [5.74, 6) is 1.69. The highest BCUT2D eigenvalue weighted by Crippen LogP contribution is 2.24. The lowest BCUT2D eigenvalue weighted by atomic mass is 10.2. The van der Waals surface area contributed by atoms with Gasteiger partial charge < -0.3 is 13.9 Å². The number of furan rings is 1. The van der Waals surface area contributed by atoms with E-state index in [1.165, 1.54) is 6.07 Å². The molecule has 0 spiro atoms. The molecule has 1 aromatic heterocycles. The van der Waals surface area contributed by atoms with Gasteiger partial charge >= 0.3 is 0 Å². The Labute approximate surface area is 115 Å². The molecule has 0 aliphatic rings. The van der Waals surface area contributed by atoms with Crippen molar-refractivity contribution < 1.29 is 18.3 Å². The molecule has 3 aromatic rings. The Kier molecular flexibility index (Phi) is 3.29. The van der Waals surface area contributed by atoms with Crippen LogP contribution in [0.5, 0.6) is 11.5 Å². The van der Waals surface area contributed by atoms with Crippen LogP contribution in [0.1, 0.15) is 5.76 Å². The van der Waals surface area contributed by atoms with Crippen molar-refractivity contribution in [1.29, 1.82) is 0 Å². The Morgan fingerprint density at radius 1 is 1.05 bits per heavy atom. The van der Waals surface area contributed by atoms with Gasteiger partial charge in [-0.3, -0.25) is 0 Å². The monoisotopic (exact) mass is 272 g/mol. The minimum atomic E-state index is -0.363. The van der Waals surface area contributed by atoms with Crippen molar-refractivity contribution >= 4 is 11.0 Å². The van der Waals surface area contributed by atoms with Crippen LogP contribution in [0.3, 0.4) is 0 Å². The molecule has 4 heteroatoms. The number of para-hydroxylation sites is 1. The summed E-state index contributed by atoms with van der Waals surface area (Å²) in [6.45, 7) is 0.250. The second-order valence-corrected chi connectivity index (χ2v) is 4.34. The molecule has 3 rings (SSSR count). The Hall–Kier alpha value is -2.49. The van der Waals surface area contributed by atoms with Crippen molar-refractivity contribution in [2.75, 3.05) is 7.11 Å². The molecule has 0 saturated heterocycles. The fraction of sp³-hybridized carbons (Fsp3) is 0.125. The number of methoxy groups -OCH3 is 1. The molecule has 0 amide bonds. The molecule has 0 N–H and O–H groups in total. The molecule has 2 aromatic carbocycles. The first-order valence-corrected chi connectivity index (χ1v) is 6.20. The zero-order valence-corrected chi connectivity index (χ0v) is 10.9. The first kappa shape index (κ1) is 12.5. The van der Waals surface area contributed by atoms with Gasteiger partial charge in [0.2, 0.25) is 0 Å². The highest BCUT2D eigenvalue weighted by molar-refractivity contribution is 5.78. The molecule has 0 unspecified atom stereocenters. The van der Waals surface area contributed by atoms with E-state index in [2.05, 4.69) is 0 Å². The maximum Gasteiger partial charge on any atom is 0.170 e. The lowest BCUT2D eigenvalue weighted by molar-refractivity contribution is 0.273. The number of fused-ring (bicyclic) bond motifs is 1. The Morgan fingerprint density at radius 3 is 2.50 bits per heavy atom. The third kappa shape index (κ3) is 2.45. The molecule has 0 saturated carbocycles. The molecule has 0 fully saturated rings. The third-order valence-corrected chi connectivity index (χ3v) is 2.99. The molecule has 0 atom stereocenters. The third-order valence-electron chi connectivity index (χ3n) is 2.99. The second-order valence-electron chi connectivity index (χ2n) is 4.34. The van der Waals surface area contributed by atoms with Crippen molar-refractivity contribution in [2.24, 2.45) is 0 Å². The van der Waals surface area contributed by atoms with Gasteiger partial charge in [0, 0.05) is 5.39 Å². The lowest BCUT2D eigenvalue weighted by Crippen LogP contribution is -1.93. The van der Waals surface area contributed by atoms with Gasteiger partial charge in [0.15, 0.2) is 11.4 Å². The van der Waals surface area contributed by atoms with Crippen LogP contribution in [0, 0.1) is 5.82 Å². The Balaban J connectivity index is 1.74. The minimum Gasteiger partial charge on any atom is -0.497 e. The molecular weight excluding hydrogens is 259 g/mol. The molecule has 0 aliphatic heterocycles. The number of benzene rings is 2. The highest BCUT2D eigenvalue weighted by atomic mass is 19.1. The van der Waals surface area contributed by atoms with E-state index in [1.807, 2.05) is 24.3 Å². The lowest BCUT2D eigenvalue weighted by Gasteiger charge is -2.05.